The number of halogens is 2. The predicted octanol–water partition coefficient (Wildman–Crippen LogP) is 6.00. The number of carbonyl (C=O) groups is 2. The third kappa shape index (κ3) is 4.33. The molecule has 6 rings (SSSR count). The maximum Gasteiger partial charge on any atom is 0.253 e. The molecule has 5 aromatic rings. The van der Waals surface area contributed by atoms with Crippen molar-refractivity contribution in [2.75, 3.05) is 5.32 Å². The van der Waals surface area contributed by atoms with E-state index in [1.165, 1.54) is 17.4 Å². The van der Waals surface area contributed by atoms with E-state index >= 15 is 0 Å². The molecule has 180 valence electrons. The number of H-pyrrole nitrogens is 1. The standard InChI is InChI=1S/C27H20F2N4O2S/c28-18-6-3-17(21(29)11-18)12-31-26(35)20-13-30-22-7-4-15(9-19(20)22)16-5-8-23-24(10-16)36-27(32-23)33-25(34)14-1-2-14/h3-11,13-14,30H,1-2,12H2,(H,31,35)(H,32,33,34). The van der Waals surface area contributed by atoms with E-state index in [-0.39, 0.29) is 29.8 Å². The summed E-state index contributed by atoms with van der Waals surface area (Å²) in [6, 6.07) is 15.0. The summed E-state index contributed by atoms with van der Waals surface area (Å²) in [6.45, 7) is -0.0566. The third-order valence-electron chi connectivity index (χ3n) is 6.28. The van der Waals surface area contributed by atoms with Crippen LogP contribution >= 0.6 is 11.3 Å². The molecule has 3 N–H and O–H groups in total. The van der Waals surface area contributed by atoms with Gasteiger partial charge in [0.15, 0.2) is 5.13 Å². The van der Waals surface area contributed by atoms with E-state index < -0.39 is 11.6 Å². The number of hydrogen-bond donors (Lipinski definition) is 3. The largest absolute Gasteiger partial charge is 0.360 e. The first-order valence-corrected chi connectivity index (χ1v) is 12.3. The minimum Gasteiger partial charge on any atom is -0.360 e. The molecule has 0 spiro atoms. The van der Waals surface area contributed by atoms with Crippen LogP contribution in [0, 0.1) is 17.6 Å². The fourth-order valence-electron chi connectivity index (χ4n) is 4.13. The molecule has 2 aromatic heterocycles. The molecule has 0 saturated heterocycles. The molecular formula is C27H20F2N4O2S. The number of amides is 2. The van der Waals surface area contributed by atoms with Gasteiger partial charge in [-0.15, -0.1) is 0 Å². The summed E-state index contributed by atoms with van der Waals surface area (Å²) in [5.41, 5.74) is 4.11. The Kier molecular flexibility index (Phi) is 5.49. The molecule has 0 radical (unpaired) electrons. The first-order chi connectivity index (χ1) is 17.4. The quantitative estimate of drug-likeness (QED) is 0.266. The lowest BCUT2D eigenvalue weighted by atomic mass is 10.0. The number of aromatic amines is 1. The molecule has 1 aliphatic rings. The highest BCUT2D eigenvalue weighted by Gasteiger charge is 2.30. The Morgan fingerprint density at radius 1 is 1.03 bits per heavy atom. The van der Waals surface area contributed by atoms with Gasteiger partial charge in [0.2, 0.25) is 5.91 Å². The van der Waals surface area contributed by atoms with Crippen LogP contribution in [0.2, 0.25) is 0 Å². The fraction of sp³-hybridized carbons (Fsp3) is 0.148. The first kappa shape index (κ1) is 22.4. The maximum atomic E-state index is 13.9. The smallest absolute Gasteiger partial charge is 0.253 e. The summed E-state index contributed by atoms with van der Waals surface area (Å²) in [6.07, 6.45) is 3.49. The molecule has 0 bridgehead atoms. The second-order valence-electron chi connectivity index (χ2n) is 8.85. The van der Waals surface area contributed by atoms with Gasteiger partial charge in [-0.1, -0.05) is 29.5 Å². The van der Waals surface area contributed by atoms with Gasteiger partial charge in [0.1, 0.15) is 11.6 Å². The van der Waals surface area contributed by atoms with Gasteiger partial charge < -0.3 is 15.6 Å². The molecule has 3 aromatic carbocycles. The molecule has 1 aliphatic carbocycles. The third-order valence-corrected chi connectivity index (χ3v) is 7.21. The Bertz CT molecular complexity index is 1650. The van der Waals surface area contributed by atoms with Crippen molar-refractivity contribution >= 4 is 49.4 Å². The second kappa shape index (κ2) is 8.83. The molecule has 0 atom stereocenters. The lowest BCUT2D eigenvalue weighted by Crippen LogP contribution is -2.23. The number of nitrogens with zero attached hydrogens (tertiary/aromatic N) is 1. The number of aromatic nitrogens is 2. The number of anilines is 1. The topological polar surface area (TPSA) is 86.9 Å². The van der Waals surface area contributed by atoms with E-state index in [1.54, 1.807) is 6.20 Å². The van der Waals surface area contributed by atoms with Crippen molar-refractivity contribution in [2.24, 2.45) is 5.92 Å². The Labute approximate surface area is 208 Å². The van der Waals surface area contributed by atoms with E-state index in [9.17, 15) is 18.4 Å². The molecule has 9 heteroatoms. The number of rotatable bonds is 6. The molecule has 2 heterocycles. The van der Waals surface area contributed by atoms with Crippen molar-refractivity contribution < 1.29 is 18.4 Å². The Balaban J connectivity index is 1.25. The van der Waals surface area contributed by atoms with Crippen LogP contribution in [-0.4, -0.2) is 21.8 Å². The van der Waals surface area contributed by atoms with E-state index in [2.05, 4.69) is 20.6 Å². The van der Waals surface area contributed by atoms with E-state index in [4.69, 9.17) is 0 Å². The van der Waals surface area contributed by atoms with Crippen LogP contribution in [0.15, 0.2) is 60.8 Å². The van der Waals surface area contributed by atoms with E-state index in [0.29, 0.717) is 10.7 Å². The summed E-state index contributed by atoms with van der Waals surface area (Å²) in [5.74, 6) is -1.59. The summed E-state index contributed by atoms with van der Waals surface area (Å²) in [7, 11) is 0. The molecule has 36 heavy (non-hydrogen) atoms. The Morgan fingerprint density at radius 2 is 1.83 bits per heavy atom. The monoisotopic (exact) mass is 502 g/mol. The Hall–Kier alpha value is -4.11. The molecule has 0 unspecified atom stereocenters. The van der Waals surface area contributed by atoms with Crippen LogP contribution in [0.3, 0.4) is 0 Å². The number of fused-ring (bicyclic) bond motifs is 2. The molecule has 1 fully saturated rings. The van der Waals surface area contributed by atoms with Crippen molar-refractivity contribution in [3.8, 4) is 11.1 Å². The van der Waals surface area contributed by atoms with Crippen LogP contribution in [0.5, 0.6) is 0 Å². The van der Waals surface area contributed by atoms with Crippen LogP contribution in [0.4, 0.5) is 13.9 Å². The SMILES string of the molecule is O=C(NCc1ccc(F)cc1F)c1c[nH]c2ccc(-c3ccc4nc(NC(=O)C5CC5)sc4c3)cc12. The number of carbonyl (C=O) groups excluding carboxylic acids is 2. The predicted molar refractivity (Wildman–Crippen MR) is 136 cm³/mol. The van der Waals surface area contributed by atoms with Crippen molar-refractivity contribution in [1.29, 1.82) is 0 Å². The minimum absolute atomic E-state index is 0.0279. The van der Waals surface area contributed by atoms with Gasteiger partial charge in [-0.3, -0.25) is 9.59 Å². The highest BCUT2D eigenvalue weighted by Crippen LogP contribution is 2.34. The van der Waals surface area contributed by atoms with Gasteiger partial charge >= 0.3 is 0 Å². The van der Waals surface area contributed by atoms with Crippen molar-refractivity contribution in [3.63, 3.8) is 0 Å². The van der Waals surface area contributed by atoms with Gasteiger partial charge in [0.05, 0.1) is 15.8 Å². The van der Waals surface area contributed by atoms with Gasteiger partial charge in [-0.2, -0.15) is 0 Å². The molecule has 6 nitrogen and oxygen atoms in total. The summed E-state index contributed by atoms with van der Waals surface area (Å²) in [4.78, 5) is 32.5. The highest BCUT2D eigenvalue weighted by atomic mass is 32.1. The fourth-order valence-corrected chi connectivity index (χ4v) is 5.04. The van der Waals surface area contributed by atoms with Crippen molar-refractivity contribution in [1.82, 2.24) is 15.3 Å². The summed E-state index contributed by atoms with van der Waals surface area (Å²) in [5, 5.41) is 6.93. The average molecular weight is 503 g/mol. The van der Waals surface area contributed by atoms with E-state index in [0.717, 1.165) is 57.2 Å². The lowest BCUT2D eigenvalue weighted by molar-refractivity contribution is -0.117. The maximum absolute atomic E-state index is 13.9. The summed E-state index contributed by atoms with van der Waals surface area (Å²) < 4.78 is 28.0. The van der Waals surface area contributed by atoms with Crippen molar-refractivity contribution in [3.05, 3.63) is 83.6 Å². The van der Waals surface area contributed by atoms with Crippen molar-refractivity contribution in [2.45, 2.75) is 19.4 Å². The second-order valence-corrected chi connectivity index (χ2v) is 9.88. The Morgan fingerprint density at radius 3 is 2.64 bits per heavy atom. The van der Waals surface area contributed by atoms with Gasteiger partial charge in [0, 0.05) is 41.2 Å². The average Bonchev–Trinajstić information content (AvgIpc) is 3.51. The van der Waals surface area contributed by atoms with Crippen LogP contribution in [0.25, 0.3) is 32.2 Å². The number of benzene rings is 3. The first-order valence-electron chi connectivity index (χ1n) is 11.5. The van der Waals surface area contributed by atoms with E-state index in [1.807, 2.05) is 36.4 Å². The van der Waals surface area contributed by atoms with Gasteiger partial charge in [0.25, 0.3) is 5.91 Å². The van der Waals surface area contributed by atoms with Gasteiger partial charge in [-0.25, -0.2) is 13.8 Å². The molecule has 0 aliphatic heterocycles. The summed E-state index contributed by atoms with van der Waals surface area (Å²) >= 11 is 1.43. The number of thiazole rings is 1. The molecule has 1 saturated carbocycles. The zero-order valence-corrected chi connectivity index (χ0v) is 19.7. The van der Waals surface area contributed by atoms with Crippen LogP contribution < -0.4 is 10.6 Å². The number of hydrogen-bond acceptors (Lipinski definition) is 4. The normalized spacial score (nSPS) is 13.3. The highest BCUT2D eigenvalue weighted by molar-refractivity contribution is 7.22. The zero-order valence-electron chi connectivity index (χ0n) is 18.9. The number of nitrogens with one attached hydrogen (secondary N) is 3. The molecular weight excluding hydrogens is 482 g/mol. The zero-order chi connectivity index (χ0) is 24.8. The lowest BCUT2D eigenvalue weighted by Gasteiger charge is -2.07. The van der Waals surface area contributed by atoms with Crippen LogP contribution in [0.1, 0.15) is 28.8 Å². The van der Waals surface area contributed by atoms with Crippen LogP contribution in [-0.2, 0) is 11.3 Å². The minimum atomic E-state index is -0.703. The van der Waals surface area contributed by atoms with Gasteiger partial charge in [-0.05, 0) is 54.3 Å². The molecule has 2 amide bonds.